The molecule has 0 aliphatic heterocycles. The number of benzene rings is 3. The Morgan fingerprint density at radius 2 is 1.86 bits per heavy atom. The van der Waals surface area contributed by atoms with Gasteiger partial charge < -0.3 is 9.47 Å². The Morgan fingerprint density at radius 3 is 2.59 bits per heavy atom. The van der Waals surface area contributed by atoms with Crippen LogP contribution in [0.2, 0.25) is 5.02 Å². The molecule has 0 saturated heterocycles. The fourth-order valence-electron chi connectivity index (χ4n) is 2.75. The van der Waals surface area contributed by atoms with Crippen LogP contribution in [0.3, 0.4) is 0 Å². The summed E-state index contributed by atoms with van der Waals surface area (Å²) < 4.78 is 25.3. The second kappa shape index (κ2) is 9.43. The van der Waals surface area contributed by atoms with E-state index in [2.05, 4.69) is 17.5 Å². The van der Waals surface area contributed by atoms with Crippen LogP contribution in [0.25, 0.3) is 0 Å². The van der Waals surface area contributed by atoms with Crippen molar-refractivity contribution in [1.29, 1.82) is 0 Å². The third-order valence-electron chi connectivity index (χ3n) is 4.56. The molecule has 0 bridgehead atoms. The zero-order chi connectivity index (χ0) is 20.8. The van der Waals surface area contributed by atoms with E-state index in [0.717, 1.165) is 5.69 Å². The second-order valence-electron chi connectivity index (χ2n) is 6.54. The summed E-state index contributed by atoms with van der Waals surface area (Å²) in [6.07, 6.45) is 1.63. The molecule has 0 aliphatic carbocycles. The van der Waals surface area contributed by atoms with Gasteiger partial charge in [0.2, 0.25) is 0 Å². The predicted octanol–water partition coefficient (Wildman–Crippen LogP) is 6.13. The molecule has 1 N–H and O–H groups in total. The van der Waals surface area contributed by atoms with E-state index in [9.17, 15) is 4.39 Å². The molecule has 0 aliphatic rings. The van der Waals surface area contributed by atoms with Gasteiger partial charge >= 0.3 is 0 Å². The van der Waals surface area contributed by atoms with Crippen molar-refractivity contribution in [3.05, 3.63) is 87.7 Å². The molecule has 150 valence electrons. The molecule has 3 aromatic rings. The highest BCUT2D eigenvalue weighted by atomic mass is 35.5. The van der Waals surface area contributed by atoms with Gasteiger partial charge in [0.05, 0.1) is 24.0 Å². The number of halogens is 2. The molecule has 4 nitrogen and oxygen atoms in total. The molecule has 0 fully saturated rings. The largest absolute Gasteiger partial charge is 0.493 e. The topological polar surface area (TPSA) is 42.8 Å². The normalized spacial score (nSPS) is 10.9. The van der Waals surface area contributed by atoms with Gasteiger partial charge in [-0.25, -0.2) is 4.39 Å². The SMILES string of the molecule is COc1cccc(C=NNc2ccc(C)c(C)c2)c1OCc1c(F)cccc1Cl. The van der Waals surface area contributed by atoms with E-state index in [-0.39, 0.29) is 12.2 Å². The van der Waals surface area contributed by atoms with Crippen molar-refractivity contribution in [2.75, 3.05) is 12.5 Å². The molecule has 0 radical (unpaired) electrons. The monoisotopic (exact) mass is 412 g/mol. The van der Waals surface area contributed by atoms with Crippen molar-refractivity contribution in [1.82, 2.24) is 0 Å². The standard InChI is InChI=1S/C23H22ClFN2O2/c1-15-10-11-18(12-16(15)2)27-26-13-17-6-4-9-22(28-3)23(17)29-14-19-20(24)7-5-8-21(19)25/h4-13,27H,14H2,1-3H3. The van der Waals surface area contributed by atoms with Gasteiger partial charge in [0, 0.05) is 11.1 Å². The Labute approximate surface area is 174 Å². The lowest BCUT2D eigenvalue weighted by molar-refractivity contribution is 0.279. The minimum atomic E-state index is -0.418. The number of hydrazone groups is 1. The van der Waals surface area contributed by atoms with Gasteiger partial charge in [0.15, 0.2) is 11.5 Å². The van der Waals surface area contributed by atoms with Crippen molar-refractivity contribution in [3.8, 4) is 11.5 Å². The van der Waals surface area contributed by atoms with Crippen LogP contribution in [-0.2, 0) is 6.61 Å². The summed E-state index contributed by atoms with van der Waals surface area (Å²) in [7, 11) is 1.55. The van der Waals surface area contributed by atoms with Gasteiger partial charge in [-0.05, 0) is 61.4 Å². The van der Waals surface area contributed by atoms with Crippen LogP contribution in [0.5, 0.6) is 11.5 Å². The maximum atomic E-state index is 14.1. The second-order valence-corrected chi connectivity index (χ2v) is 6.94. The third kappa shape index (κ3) is 5.06. The average molecular weight is 413 g/mol. The summed E-state index contributed by atoms with van der Waals surface area (Å²) in [6, 6.07) is 16.0. The molecular formula is C23H22ClFN2O2. The summed E-state index contributed by atoms with van der Waals surface area (Å²) in [5.74, 6) is 0.562. The van der Waals surface area contributed by atoms with E-state index in [1.54, 1.807) is 31.5 Å². The first-order valence-corrected chi connectivity index (χ1v) is 9.46. The summed E-state index contributed by atoms with van der Waals surface area (Å²) in [5.41, 5.74) is 7.26. The molecule has 0 atom stereocenters. The van der Waals surface area contributed by atoms with Crippen LogP contribution in [0.4, 0.5) is 10.1 Å². The Balaban J connectivity index is 1.81. The lowest BCUT2D eigenvalue weighted by atomic mass is 10.1. The summed E-state index contributed by atoms with van der Waals surface area (Å²) >= 11 is 6.10. The minimum Gasteiger partial charge on any atom is -0.493 e. The molecule has 0 amide bonds. The minimum absolute atomic E-state index is 0.0305. The van der Waals surface area contributed by atoms with Gasteiger partial charge in [-0.2, -0.15) is 5.10 Å². The number of aryl methyl sites for hydroxylation is 2. The Hall–Kier alpha value is -3.05. The highest BCUT2D eigenvalue weighted by Gasteiger charge is 2.13. The number of methoxy groups -OCH3 is 1. The molecule has 6 heteroatoms. The van der Waals surface area contributed by atoms with E-state index in [4.69, 9.17) is 21.1 Å². The van der Waals surface area contributed by atoms with E-state index >= 15 is 0 Å². The van der Waals surface area contributed by atoms with Crippen LogP contribution in [0, 0.1) is 19.7 Å². The number of para-hydroxylation sites is 1. The molecule has 3 aromatic carbocycles. The molecule has 0 unspecified atom stereocenters. The number of ether oxygens (including phenoxy) is 2. The van der Waals surface area contributed by atoms with E-state index < -0.39 is 5.82 Å². The van der Waals surface area contributed by atoms with Crippen LogP contribution >= 0.6 is 11.6 Å². The Morgan fingerprint density at radius 1 is 1.07 bits per heavy atom. The van der Waals surface area contributed by atoms with E-state index in [1.807, 2.05) is 37.3 Å². The zero-order valence-electron chi connectivity index (χ0n) is 16.5. The van der Waals surface area contributed by atoms with Crippen LogP contribution in [-0.4, -0.2) is 13.3 Å². The first-order valence-electron chi connectivity index (χ1n) is 9.08. The summed E-state index contributed by atoms with van der Waals surface area (Å²) in [4.78, 5) is 0. The number of nitrogens with one attached hydrogen (secondary N) is 1. The van der Waals surface area contributed by atoms with Crippen LogP contribution in [0.15, 0.2) is 59.7 Å². The third-order valence-corrected chi connectivity index (χ3v) is 4.91. The highest BCUT2D eigenvalue weighted by Crippen LogP contribution is 2.32. The molecule has 0 saturated carbocycles. The average Bonchev–Trinajstić information content (AvgIpc) is 2.71. The quantitative estimate of drug-likeness (QED) is 0.375. The number of hydrogen-bond donors (Lipinski definition) is 1. The van der Waals surface area contributed by atoms with Gasteiger partial charge in [0.25, 0.3) is 0 Å². The number of hydrogen-bond acceptors (Lipinski definition) is 4. The van der Waals surface area contributed by atoms with E-state index in [0.29, 0.717) is 22.1 Å². The summed E-state index contributed by atoms with van der Waals surface area (Å²) in [6.45, 7) is 4.08. The molecule has 3 rings (SSSR count). The van der Waals surface area contributed by atoms with Crippen molar-refractivity contribution in [2.24, 2.45) is 5.10 Å². The van der Waals surface area contributed by atoms with Crippen LogP contribution in [0.1, 0.15) is 22.3 Å². The van der Waals surface area contributed by atoms with E-state index in [1.165, 1.54) is 17.2 Å². The molecule has 29 heavy (non-hydrogen) atoms. The maximum Gasteiger partial charge on any atom is 0.170 e. The van der Waals surface area contributed by atoms with Gasteiger partial charge in [-0.15, -0.1) is 0 Å². The molecule has 0 heterocycles. The number of rotatable bonds is 7. The predicted molar refractivity (Wildman–Crippen MR) is 116 cm³/mol. The fourth-order valence-corrected chi connectivity index (χ4v) is 2.97. The first kappa shape index (κ1) is 20.7. The fraction of sp³-hybridized carbons (Fsp3) is 0.174. The highest BCUT2D eigenvalue weighted by molar-refractivity contribution is 6.31. The van der Waals surface area contributed by atoms with Crippen molar-refractivity contribution in [3.63, 3.8) is 0 Å². The Bertz CT molecular complexity index is 1020. The van der Waals surface area contributed by atoms with Gasteiger partial charge in [-0.1, -0.05) is 29.8 Å². The Kier molecular flexibility index (Phi) is 6.73. The van der Waals surface area contributed by atoms with Gasteiger partial charge in [0.1, 0.15) is 12.4 Å². The lowest BCUT2D eigenvalue weighted by Gasteiger charge is -2.14. The number of anilines is 1. The zero-order valence-corrected chi connectivity index (χ0v) is 17.3. The first-order chi connectivity index (χ1) is 14.0. The van der Waals surface area contributed by atoms with Crippen molar-refractivity contribution < 1.29 is 13.9 Å². The van der Waals surface area contributed by atoms with Crippen molar-refractivity contribution in [2.45, 2.75) is 20.5 Å². The molecular weight excluding hydrogens is 391 g/mol. The van der Waals surface area contributed by atoms with Gasteiger partial charge in [-0.3, -0.25) is 5.43 Å². The maximum absolute atomic E-state index is 14.1. The molecule has 0 aromatic heterocycles. The summed E-state index contributed by atoms with van der Waals surface area (Å²) in [5, 5.41) is 4.61. The number of nitrogens with zero attached hydrogens (tertiary/aromatic N) is 1. The smallest absolute Gasteiger partial charge is 0.170 e. The van der Waals surface area contributed by atoms with Crippen LogP contribution < -0.4 is 14.9 Å². The van der Waals surface area contributed by atoms with Crippen molar-refractivity contribution >= 4 is 23.5 Å². The lowest BCUT2D eigenvalue weighted by Crippen LogP contribution is -2.03. The molecule has 0 spiro atoms.